The van der Waals surface area contributed by atoms with Crippen molar-refractivity contribution in [2.45, 2.75) is 6.92 Å². The predicted octanol–water partition coefficient (Wildman–Crippen LogP) is 4.57. The number of hydrogen-bond acceptors (Lipinski definition) is 4. The third-order valence-corrected chi connectivity index (χ3v) is 4.63. The monoisotopic (exact) mass is 318 g/mol. The van der Waals surface area contributed by atoms with Crippen molar-refractivity contribution in [3.63, 3.8) is 0 Å². The fourth-order valence-corrected chi connectivity index (χ4v) is 3.34. The number of nitrogens with one attached hydrogen (secondary N) is 1. The molecule has 0 radical (unpaired) electrons. The molecule has 0 aliphatic rings. The van der Waals surface area contributed by atoms with Gasteiger partial charge in [-0.15, -0.1) is 22.7 Å². The Morgan fingerprint density at radius 1 is 1.24 bits per heavy atom. The molecular formula is C15H11FN2OS2. The van der Waals surface area contributed by atoms with Crippen LogP contribution in [0.15, 0.2) is 41.8 Å². The second kappa shape index (κ2) is 5.75. The Morgan fingerprint density at radius 3 is 2.67 bits per heavy atom. The van der Waals surface area contributed by atoms with Gasteiger partial charge in [0.15, 0.2) is 5.13 Å². The molecule has 6 heteroatoms. The summed E-state index contributed by atoms with van der Waals surface area (Å²) in [6.45, 7) is 1.93. The highest BCUT2D eigenvalue weighted by Crippen LogP contribution is 2.30. The van der Waals surface area contributed by atoms with E-state index in [4.69, 9.17) is 0 Å². The van der Waals surface area contributed by atoms with Crippen LogP contribution in [0.5, 0.6) is 0 Å². The van der Waals surface area contributed by atoms with Crippen molar-refractivity contribution in [1.29, 1.82) is 0 Å². The summed E-state index contributed by atoms with van der Waals surface area (Å²) in [4.78, 5) is 18.0. The number of rotatable bonds is 3. The molecular weight excluding hydrogens is 307 g/mol. The Bertz CT molecular complexity index is 764. The van der Waals surface area contributed by atoms with Gasteiger partial charge in [-0.25, -0.2) is 9.37 Å². The van der Waals surface area contributed by atoms with Crippen LogP contribution in [-0.2, 0) is 0 Å². The largest absolute Gasteiger partial charge is 0.297 e. The quantitative estimate of drug-likeness (QED) is 0.768. The molecule has 0 bridgehead atoms. The molecule has 21 heavy (non-hydrogen) atoms. The standard InChI is InChI=1S/C15H11FN2OS2/c1-9-13(10-4-6-11(16)7-5-10)17-15(21-9)18-14(19)12-3-2-8-20-12/h2-8H,1H3,(H,17,18,19). The summed E-state index contributed by atoms with van der Waals surface area (Å²) >= 11 is 2.79. The van der Waals surface area contributed by atoms with Crippen molar-refractivity contribution in [3.8, 4) is 11.3 Å². The Labute approximate surface area is 129 Å². The molecule has 0 saturated carbocycles. The Morgan fingerprint density at radius 2 is 2.00 bits per heavy atom. The third kappa shape index (κ3) is 3.01. The fourth-order valence-electron chi connectivity index (χ4n) is 1.89. The molecule has 3 aromatic rings. The number of halogens is 1. The Kier molecular flexibility index (Phi) is 3.81. The second-order valence-corrected chi connectivity index (χ2v) is 6.51. The maximum absolute atomic E-state index is 13.0. The Hall–Kier alpha value is -2.05. The van der Waals surface area contributed by atoms with Crippen LogP contribution in [0, 0.1) is 12.7 Å². The van der Waals surface area contributed by atoms with Crippen molar-refractivity contribution in [2.75, 3.05) is 5.32 Å². The zero-order chi connectivity index (χ0) is 14.8. The molecule has 0 spiro atoms. The van der Waals surface area contributed by atoms with Gasteiger partial charge in [0.05, 0.1) is 10.6 Å². The molecule has 0 atom stereocenters. The van der Waals surface area contributed by atoms with Gasteiger partial charge in [0.2, 0.25) is 0 Å². The number of thiophene rings is 1. The van der Waals surface area contributed by atoms with Gasteiger partial charge in [0, 0.05) is 10.4 Å². The number of aryl methyl sites for hydroxylation is 1. The van der Waals surface area contributed by atoms with Crippen LogP contribution < -0.4 is 5.32 Å². The average molecular weight is 318 g/mol. The summed E-state index contributed by atoms with van der Waals surface area (Å²) in [5.41, 5.74) is 1.60. The number of carbonyl (C=O) groups excluding carboxylic acids is 1. The smallest absolute Gasteiger partial charge is 0.267 e. The summed E-state index contributed by atoms with van der Waals surface area (Å²) in [5.74, 6) is -0.442. The third-order valence-electron chi connectivity index (χ3n) is 2.88. The maximum Gasteiger partial charge on any atom is 0.267 e. The van der Waals surface area contributed by atoms with E-state index >= 15 is 0 Å². The second-order valence-electron chi connectivity index (χ2n) is 4.36. The first-order chi connectivity index (χ1) is 10.1. The maximum atomic E-state index is 13.0. The molecule has 0 aliphatic heterocycles. The van der Waals surface area contributed by atoms with E-state index < -0.39 is 0 Å². The summed E-state index contributed by atoms with van der Waals surface area (Å²) in [5, 5.41) is 5.19. The Balaban J connectivity index is 1.84. The molecule has 2 heterocycles. The number of hydrogen-bond donors (Lipinski definition) is 1. The summed E-state index contributed by atoms with van der Waals surface area (Å²) in [7, 11) is 0. The minimum absolute atomic E-state index is 0.163. The number of carbonyl (C=O) groups is 1. The lowest BCUT2D eigenvalue weighted by Gasteiger charge is -1.99. The van der Waals surface area contributed by atoms with Crippen LogP contribution in [0.4, 0.5) is 9.52 Å². The first kappa shape index (κ1) is 13.9. The number of benzene rings is 1. The van der Waals surface area contributed by atoms with E-state index in [1.807, 2.05) is 18.4 Å². The van der Waals surface area contributed by atoms with Gasteiger partial charge in [-0.05, 0) is 42.6 Å². The molecule has 1 amide bonds. The van der Waals surface area contributed by atoms with E-state index in [1.54, 1.807) is 18.2 Å². The molecule has 2 aromatic heterocycles. The molecule has 0 saturated heterocycles. The fraction of sp³-hybridized carbons (Fsp3) is 0.0667. The molecule has 106 valence electrons. The van der Waals surface area contributed by atoms with Crippen LogP contribution >= 0.6 is 22.7 Å². The van der Waals surface area contributed by atoms with Crippen LogP contribution in [0.1, 0.15) is 14.5 Å². The highest BCUT2D eigenvalue weighted by Gasteiger charge is 2.13. The van der Waals surface area contributed by atoms with Crippen LogP contribution in [0.3, 0.4) is 0 Å². The molecule has 0 aliphatic carbocycles. The van der Waals surface area contributed by atoms with Gasteiger partial charge in [0.1, 0.15) is 5.82 Å². The molecule has 1 aromatic carbocycles. The molecule has 1 N–H and O–H groups in total. The van der Waals surface area contributed by atoms with Gasteiger partial charge < -0.3 is 0 Å². The number of amides is 1. The zero-order valence-electron chi connectivity index (χ0n) is 11.1. The molecule has 3 nitrogen and oxygen atoms in total. The minimum atomic E-state index is -0.280. The van der Waals surface area contributed by atoms with E-state index in [2.05, 4.69) is 10.3 Å². The van der Waals surface area contributed by atoms with Gasteiger partial charge in [0.25, 0.3) is 5.91 Å². The van der Waals surface area contributed by atoms with Gasteiger partial charge in [-0.1, -0.05) is 6.07 Å². The minimum Gasteiger partial charge on any atom is -0.297 e. The van der Waals surface area contributed by atoms with E-state index in [0.717, 1.165) is 16.1 Å². The highest BCUT2D eigenvalue weighted by atomic mass is 32.1. The topological polar surface area (TPSA) is 42.0 Å². The summed E-state index contributed by atoms with van der Waals surface area (Å²) in [6.07, 6.45) is 0. The lowest BCUT2D eigenvalue weighted by molar-refractivity contribution is 0.103. The highest BCUT2D eigenvalue weighted by molar-refractivity contribution is 7.16. The van der Waals surface area contributed by atoms with Gasteiger partial charge >= 0.3 is 0 Å². The first-order valence-corrected chi connectivity index (χ1v) is 7.91. The summed E-state index contributed by atoms with van der Waals surface area (Å²) < 4.78 is 13.0. The van der Waals surface area contributed by atoms with E-state index in [-0.39, 0.29) is 11.7 Å². The lowest BCUT2D eigenvalue weighted by Crippen LogP contribution is -2.09. The first-order valence-electron chi connectivity index (χ1n) is 6.22. The van der Waals surface area contributed by atoms with E-state index in [1.165, 1.54) is 34.8 Å². The van der Waals surface area contributed by atoms with Crippen molar-refractivity contribution < 1.29 is 9.18 Å². The van der Waals surface area contributed by atoms with Crippen molar-refractivity contribution >= 4 is 33.7 Å². The molecule has 0 unspecified atom stereocenters. The van der Waals surface area contributed by atoms with Crippen molar-refractivity contribution in [3.05, 3.63) is 57.3 Å². The average Bonchev–Trinajstić information content (AvgIpc) is 3.10. The van der Waals surface area contributed by atoms with Gasteiger partial charge in [-0.2, -0.15) is 0 Å². The predicted molar refractivity (Wildman–Crippen MR) is 84.5 cm³/mol. The molecule has 0 fully saturated rings. The zero-order valence-corrected chi connectivity index (χ0v) is 12.7. The summed E-state index contributed by atoms with van der Waals surface area (Å²) in [6, 6.07) is 9.76. The van der Waals surface area contributed by atoms with Crippen LogP contribution in [0.25, 0.3) is 11.3 Å². The van der Waals surface area contributed by atoms with E-state index in [9.17, 15) is 9.18 Å². The number of anilines is 1. The SMILES string of the molecule is Cc1sc(NC(=O)c2cccs2)nc1-c1ccc(F)cc1. The lowest BCUT2D eigenvalue weighted by atomic mass is 10.1. The van der Waals surface area contributed by atoms with Crippen LogP contribution in [-0.4, -0.2) is 10.9 Å². The van der Waals surface area contributed by atoms with Crippen molar-refractivity contribution in [2.24, 2.45) is 0 Å². The van der Waals surface area contributed by atoms with Crippen LogP contribution in [0.2, 0.25) is 0 Å². The van der Waals surface area contributed by atoms with Gasteiger partial charge in [-0.3, -0.25) is 10.1 Å². The normalized spacial score (nSPS) is 10.6. The molecule has 3 rings (SSSR count). The number of thiazole rings is 1. The van der Waals surface area contributed by atoms with E-state index in [0.29, 0.717) is 10.0 Å². The number of nitrogens with zero attached hydrogens (tertiary/aromatic N) is 1. The van der Waals surface area contributed by atoms with Crippen molar-refractivity contribution in [1.82, 2.24) is 4.98 Å². The number of aromatic nitrogens is 1.